The molecular formula is C17H11ClN2O4. The lowest BCUT2D eigenvalue weighted by atomic mass is 10.2. The van der Waals surface area contributed by atoms with E-state index in [1.165, 1.54) is 24.3 Å². The number of nitrogens with one attached hydrogen (secondary N) is 1. The van der Waals surface area contributed by atoms with Crippen LogP contribution in [0.5, 0.6) is 0 Å². The minimum absolute atomic E-state index is 0.0476. The maximum Gasteiger partial charge on any atom is 0.335 e. The van der Waals surface area contributed by atoms with Crippen LogP contribution in [0, 0.1) is 0 Å². The molecule has 0 aromatic heterocycles. The molecule has 0 saturated carbocycles. The van der Waals surface area contributed by atoms with E-state index in [1.807, 2.05) is 0 Å². The van der Waals surface area contributed by atoms with Crippen LogP contribution in [0.25, 0.3) is 0 Å². The summed E-state index contributed by atoms with van der Waals surface area (Å²) in [4.78, 5) is 36.6. The van der Waals surface area contributed by atoms with E-state index in [2.05, 4.69) is 5.32 Å². The quantitative estimate of drug-likeness (QED) is 0.834. The van der Waals surface area contributed by atoms with Crippen molar-refractivity contribution < 1.29 is 19.5 Å². The van der Waals surface area contributed by atoms with Crippen LogP contribution in [-0.4, -0.2) is 22.9 Å². The Bertz CT molecular complexity index is 860. The first-order chi connectivity index (χ1) is 11.5. The number of para-hydroxylation sites is 1. The highest BCUT2D eigenvalue weighted by Crippen LogP contribution is 2.29. The zero-order valence-electron chi connectivity index (χ0n) is 12.2. The molecule has 7 heteroatoms. The van der Waals surface area contributed by atoms with Gasteiger partial charge in [0.2, 0.25) is 0 Å². The molecule has 24 heavy (non-hydrogen) atoms. The molecule has 2 aromatic rings. The fourth-order valence-electron chi connectivity index (χ4n) is 2.26. The monoisotopic (exact) mass is 342 g/mol. The number of anilines is 2. The highest BCUT2D eigenvalue weighted by Gasteiger charge is 2.38. The Labute approximate surface area is 142 Å². The second-order valence-corrected chi connectivity index (χ2v) is 5.36. The van der Waals surface area contributed by atoms with Crippen LogP contribution >= 0.6 is 11.6 Å². The van der Waals surface area contributed by atoms with Gasteiger partial charge in [0.1, 0.15) is 10.7 Å². The Balaban J connectivity index is 1.87. The molecule has 0 saturated heterocycles. The van der Waals surface area contributed by atoms with Gasteiger partial charge in [-0.15, -0.1) is 0 Å². The van der Waals surface area contributed by atoms with Crippen molar-refractivity contribution in [2.45, 2.75) is 0 Å². The Kier molecular flexibility index (Phi) is 4.05. The maximum absolute atomic E-state index is 12.5. The molecule has 6 nitrogen and oxygen atoms in total. The molecular weight excluding hydrogens is 332 g/mol. The fourth-order valence-corrected chi connectivity index (χ4v) is 2.48. The zero-order chi connectivity index (χ0) is 17.3. The number of nitrogens with zero attached hydrogens (tertiary/aromatic N) is 1. The third-order valence-corrected chi connectivity index (χ3v) is 3.79. The second-order valence-electron chi connectivity index (χ2n) is 4.98. The number of rotatable bonds is 4. The fraction of sp³-hybridized carbons (Fsp3) is 0. The van der Waals surface area contributed by atoms with E-state index in [9.17, 15) is 14.4 Å². The maximum atomic E-state index is 12.5. The first kappa shape index (κ1) is 15.8. The molecule has 0 fully saturated rings. The lowest BCUT2D eigenvalue weighted by Crippen LogP contribution is -2.32. The summed E-state index contributed by atoms with van der Waals surface area (Å²) >= 11 is 6.01. The summed E-state index contributed by atoms with van der Waals surface area (Å²) < 4.78 is 0. The number of halogens is 1. The lowest BCUT2D eigenvalue weighted by Gasteiger charge is -2.14. The molecule has 0 unspecified atom stereocenters. The van der Waals surface area contributed by atoms with Gasteiger partial charge in [-0.3, -0.25) is 9.59 Å². The number of amides is 2. The van der Waals surface area contributed by atoms with Gasteiger partial charge < -0.3 is 10.4 Å². The van der Waals surface area contributed by atoms with Crippen LogP contribution < -0.4 is 10.2 Å². The van der Waals surface area contributed by atoms with Gasteiger partial charge in [0.25, 0.3) is 11.8 Å². The number of carbonyl (C=O) groups is 3. The molecule has 1 aliphatic rings. The minimum Gasteiger partial charge on any atom is -0.478 e. The third-order valence-electron chi connectivity index (χ3n) is 3.44. The number of carbonyl (C=O) groups excluding carboxylic acids is 2. The van der Waals surface area contributed by atoms with Gasteiger partial charge in [-0.25, -0.2) is 9.69 Å². The zero-order valence-corrected chi connectivity index (χ0v) is 12.9. The van der Waals surface area contributed by atoms with Gasteiger partial charge >= 0.3 is 5.97 Å². The average Bonchev–Trinajstić information content (AvgIpc) is 2.80. The first-order valence-corrected chi connectivity index (χ1v) is 7.31. The van der Waals surface area contributed by atoms with E-state index in [1.54, 1.807) is 30.3 Å². The summed E-state index contributed by atoms with van der Waals surface area (Å²) in [6.07, 6.45) is 0. The highest BCUT2D eigenvalue weighted by atomic mass is 35.5. The van der Waals surface area contributed by atoms with Gasteiger partial charge in [-0.1, -0.05) is 29.8 Å². The Hall–Kier alpha value is -3.12. The number of carboxylic acid groups (broad SMARTS) is 1. The molecule has 1 aliphatic heterocycles. The second kappa shape index (κ2) is 6.17. The summed E-state index contributed by atoms with van der Waals surface area (Å²) in [5, 5.41) is 11.4. The van der Waals surface area contributed by atoms with Crippen LogP contribution in [-0.2, 0) is 9.59 Å². The van der Waals surface area contributed by atoms with Crippen LogP contribution in [0.1, 0.15) is 10.4 Å². The molecule has 0 atom stereocenters. The van der Waals surface area contributed by atoms with Crippen molar-refractivity contribution in [3.05, 3.63) is 70.9 Å². The Morgan fingerprint density at radius 3 is 2.17 bits per heavy atom. The van der Waals surface area contributed by atoms with Gasteiger partial charge in [0.05, 0.1) is 11.3 Å². The van der Waals surface area contributed by atoms with Crippen LogP contribution in [0.3, 0.4) is 0 Å². The molecule has 0 aliphatic carbocycles. The largest absolute Gasteiger partial charge is 0.478 e. The summed E-state index contributed by atoms with van der Waals surface area (Å²) in [7, 11) is 0. The van der Waals surface area contributed by atoms with Crippen molar-refractivity contribution in [1.82, 2.24) is 0 Å². The number of carboxylic acids is 1. The van der Waals surface area contributed by atoms with Crippen LogP contribution in [0.15, 0.2) is 65.3 Å². The van der Waals surface area contributed by atoms with Gasteiger partial charge in [0.15, 0.2) is 0 Å². The normalized spacial score (nSPS) is 14.3. The van der Waals surface area contributed by atoms with Crippen molar-refractivity contribution in [2.75, 3.05) is 10.2 Å². The standard InChI is InChI=1S/C17H11ClN2O4/c18-13-14(19-11-8-6-10(7-9-11)17(23)24)16(22)20(15(13)21)12-4-2-1-3-5-12/h1-9,19H,(H,23,24). The molecule has 2 N–H and O–H groups in total. The Morgan fingerprint density at radius 2 is 1.58 bits per heavy atom. The van der Waals surface area contributed by atoms with Crippen molar-refractivity contribution in [3.63, 3.8) is 0 Å². The van der Waals surface area contributed by atoms with Crippen molar-refractivity contribution in [2.24, 2.45) is 0 Å². The molecule has 2 aromatic carbocycles. The highest BCUT2D eigenvalue weighted by molar-refractivity contribution is 6.53. The molecule has 0 radical (unpaired) electrons. The number of hydrogen-bond donors (Lipinski definition) is 2. The van der Waals surface area contributed by atoms with E-state index in [0.717, 1.165) is 4.90 Å². The summed E-state index contributed by atoms with van der Waals surface area (Å²) in [5.74, 6) is -2.24. The van der Waals surface area contributed by atoms with E-state index < -0.39 is 17.8 Å². The molecule has 3 rings (SSSR count). The number of imide groups is 1. The molecule has 2 amide bonds. The summed E-state index contributed by atoms with van der Waals surface area (Å²) in [5.41, 5.74) is 0.932. The summed E-state index contributed by atoms with van der Waals surface area (Å²) in [6.45, 7) is 0. The Morgan fingerprint density at radius 1 is 0.958 bits per heavy atom. The smallest absolute Gasteiger partial charge is 0.335 e. The van der Waals surface area contributed by atoms with Gasteiger partial charge in [0, 0.05) is 5.69 Å². The molecule has 120 valence electrons. The first-order valence-electron chi connectivity index (χ1n) is 6.93. The molecule has 0 spiro atoms. The number of aromatic carboxylic acids is 1. The van der Waals surface area contributed by atoms with Crippen LogP contribution in [0.2, 0.25) is 0 Å². The predicted molar refractivity (Wildman–Crippen MR) is 88.8 cm³/mol. The van der Waals surface area contributed by atoms with Gasteiger partial charge in [-0.2, -0.15) is 0 Å². The minimum atomic E-state index is -1.05. The lowest BCUT2D eigenvalue weighted by molar-refractivity contribution is -0.120. The third kappa shape index (κ3) is 2.75. The van der Waals surface area contributed by atoms with Crippen molar-refractivity contribution >= 4 is 40.8 Å². The summed E-state index contributed by atoms with van der Waals surface area (Å²) in [6, 6.07) is 14.2. The van der Waals surface area contributed by atoms with Gasteiger partial charge in [-0.05, 0) is 36.4 Å². The van der Waals surface area contributed by atoms with E-state index in [-0.39, 0.29) is 16.3 Å². The van der Waals surface area contributed by atoms with Crippen molar-refractivity contribution in [3.8, 4) is 0 Å². The number of hydrogen-bond acceptors (Lipinski definition) is 4. The number of benzene rings is 2. The SMILES string of the molecule is O=C(O)c1ccc(NC2=C(Cl)C(=O)N(c3ccccc3)C2=O)cc1. The molecule has 1 heterocycles. The van der Waals surface area contributed by atoms with E-state index in [4.69, 9.17) is 16.7 Å². The topological polar surface area (TPSA) is 86.7 Å². The van der Waals surface area contributed by atoms with E-state index >= 15 is 0 Å². The van der Waals surface area contributed by atoms with Crippen molar-refractivity contribution in [1.29, 1.82) is 0 Å². The van der Waals surface area contributed by atoms with E-state index in [0.29, 0.717) is 11.4 Å². The van der Waals surface area contributed by atoms with Crippen LogP contribution in [0.4, 0.5) is 11.4 Å². The molecule has 0 bridgehead atoms. The predicted octanol–water partition coefficient (Wildman–Crippen LogP) is 2.82. The average molecular weight is 343 g/mol.